The zero-order chi connectivity index (χ0) is 12.1. The third-order valence-corrected chi connectivity index (χ3v) is 4.21. The van der Waals surface area contributed by atoms with Gasteiger partial charge in [-0.2, -0.15) is 0 Å². The van der Waals surface area contributed by atoms with Crippen molar-refractivity contribution in [3.05, 3.63) is 5.01 Å². The number of nitrogens with zero attached hydrogens (tertiary/aromatic N) is 3. The van der Waals surface area contributed by atoms with Crippen LogP contribution in [0, 0.1) is 5.92 Å². The van der Waals surface area contributed by atoms with Crippen molar-refractivity contribution in [1.82, 2.24) is 15.1 Å². The molecule has 1 saturated carbocycles. The van der Waals surface area contributed by atoms with Gasteiger partial charge in [-0.3, -0.25) is 4.90 Å². The topological polar surface area (TPSA) is 41.1 Å². The van der Waals surface area contributed by atoms with E-state index in [-0.39, 0.29) is 0 Å². The average Bonchev–Trinajstić information content (AvgIpc) is 2.70. The van der Waals surface area contributed by atoms with Crippen molar-refractivity contribution >= 4 is 16.5 Å². The predicted octanol–water partition coefficient (Wildman–Crippen LogP) is 2.59. The molecule has 0 saturated heterocycles. The molecule has 0 aliphatic heterocycles. The monoisotopic (exact) mass is 254 g/mol. The molecular weight excluding hydrogens is 232 g/mol. The third-order valence-electron chi connectivity index (χ3n) is 3.34. The van der Waals surface area contributed by atoms with Crippen LogP contribution in [-0.2, 0) is 6.54 Å². The summed E-state index contributed by atoms with van der Waals surface area (Å²) in [5, 5.41) is 13.7. The van der Waals surface area contributed by atoms with Crippen LogP contribution in [0.4, 0.5) is 5.13 Å². The van der Waals surface area contributed by atoms with E-state index < -0.39 is 0 Å². The Kier molecular flexibility index (Phi) is 4.74. The van der Waals surface area contributed by atoms with Gasteiger partial charge >= 0.3 is 0 Å². The zero-order valence-corrected chi connectivity index (χ0v) is 11.6. The van der Waals surface area contributed by atoms with Crippen molar-refractivity contribution in [2.24, 2.45) is 5.92 Å². The van der Waals surface area contributed by atoms with Gasteiger partial charge in [0, 0.05) is 13.1 Å². The van der Waals surface area contributed by atoms with Crippen LogP contribution >= 0.6 is 11.3 Å². The van der Waals surface area contributed by atoms with Crippen LogP contribution in [0.15, 0.2) is 0 Å². The second-order valence-corrected chi connectivity index (χ2v) is 5.72. The molecule has 2 rings (SSSR count). The van der Waals surface area contributed by atoms with Gasteiger partial charge in [-0.1, -0.05) is 24.7 Å². The molecule has 0 spiro atoms. The first kappa shape index (κ1) is 12.8. The minimum Gasteiger partial charge on any atom is -0.360 e. The van der Waals surface area contributed by atoms with E-state index in [0.29, 0.717) is 0 Å². The Balaban J connectivity index is 1.83. The van der Waals surface area contributed by atoms with E-state index in [2.05, 4.69) is 34.3 Å². The van der Waals surface area contributed by atoms with Gasteiger partial charge in [0.1, 0.15) is 5.01 Å². The van der Waals surface area contributed by atoms with E-state index >= 15 is 0 Å². The molecule has 0 bridgehead atoms. The first-order valence-corrected chi connectivity index (χ1v) is 7.42. The minimum atomic E-state index is 0.911. The van der Waals surface area contributed by atoms with Gasteiger partial charge in [-0.05, 0) is 32.2 Å². The lowest BCUT2D eigenvalue weighted by molar-refractivity contribution is 0.178. The molecule has 1 N–H and O–H groups in total. The number of hydrogen-bond donors (Lipinski definition) is 1. The minimum absolute atomic E-state index is 0.911. The highest BCUT2D eigenvalue weighted by Crippen LogP contribution is 2.27. The molecule has 17 heavy (non-hydrogen) atoms. The lowest BCUT2D eigenvalue weighted by Gasteiger charge is -2.31. The van der Waals surface area contributed by atoms with Crippen LogP contribution in [0.1, 0.15) is 38.1 Å². The van der Waals surface area contributed by atoms with E-state index in [1.807, 2.05) is 0 Å². The summed E-state index contributed by atoms with van der Waals surface area (Å²) in [6.45, 7) is 8.50. The Hall–Kier alpha value is -0.680. The van der Waals surface area contributed by atoms with E-state index in [1.54, 1.807) is 11.3 Å². The molecule has 1 aliphatic carbocycles. The Morgan fingerprint density at radius 3 is 2.76 bits per heavy atom. The summed E-state index contributed by atoms with van der Waals surface area (Å²) >= 11 is 1.68. The number of aromatic nitrogens is 2. The molecule has 1 aliphatic rings. The Bertz CT molecular complexity index is 335. The van der Waals surface area contributed by atoms with Gasteiger partial charge in [-0.25, -0.2) is 0 Å². The maximum atomic E-state index is 4.24. The fraction of sp³-hybridized carbons (Fsp3) is 0.833. The van der Waals surface area contributed by atoms with E-state index in [1.165, 1.54) is 25.8 Å². The molecule has 5 heteroatoms. The fourth-order valence-electron chi connectivity index (χ4n) is 2.08. The molecule has 0 radical (unpaired) electrons. The maximum absolute atomic E-state index is 4.24. The lowest BCUT2D eigenvalue weighted by atomic mass is 9.85. The van der Waals surface area contributed by atoms with Crippen molar-refractivity contribution in [1.29, 1.82) is 0 Å². The van der Waals surface area contributed by atoms with Crippen LogP contribution < -0.4 is 5.32 Å². The molecule has 96 valence electrons. The molecule has 1 fully saturated rings. The van der Waals surface area contributed by atoms with Gasteiger partial charge in [-0.15, -0.1) is 10.2 Å². The standard InChI is InChI=1S/C12H22N4S/c1-3-13-12-15-14-11(17-12)9-16(4-2)8-10-6-5-7-10/h10H,3-9H2,1-2H3,(H,13,15). The molecule has 1 aromatic rings. The smallest absolute Gasteiger partial charge is 0.205 e. The van der Waals surface area contributed by atoms with Crippen molar-refractivity contribution in [3.63, 3.8) is 0 Å². The summed E-state index contributed by atoms with van der Waals surface area (Å²) in [5.74, 6) is 0.927. The summed E-state index contributed by atoms with van der Waals surface area (Å²) in [6.07, 6.45) is 4.25. The Labute approximate surface area is 107 Å². The quantitative estimate of drug-likeness (QED) is 0.812. The fourth-order valence-corrected chi connectivity index (χ4v) is 2.93. The second-order valence-electron chi connectivity index (χ2n) is 4.66. The summed E-state index contributed by atoms with van der Waals surface area (Å²) in [7, 11) is 0. The SMILES string of the molecule is CCNc1nnc(CN(CC)CC2CCC2)s1. The highest BCUT2D eigenvalue weighted by Gasteiger charge is 2.20. The second kappa shape index (κ2) is 6.31. The number of hydrogen-bond acceptors (Lipinski definition) is 5. The molecule has 0 amide bonds. The van der Waals surface area contributed by atoms with E-state index in [4.69, 9.17) is 0 Å². The zero-order valence-electron chi connectivity index (χ0n) is 10.8. The van der Waals surface area contributed by atoms with Gasteiger partial charge in [0.2, 0.25) is 5.13 Å². The first-order chi connectivity index (χ1) is 8.31. The number of rotatable bonds is 7. The largest absolute Gasteiger partial charge is 0.360 e. The van der Waals surface area contributed by atoms with Crippen molar-refractivity contribution in [2.75, 3.05) is 25.0 Å². The molecule has 0 unspecified atom stereocenters. The van der Waals surface area contributed by atoms with Gasteiger partial charge in [0.05, 0.1) is 6.54 Å². The molecule has 4 nitrogen and oxygen atoms in total. The van der Waals surface area contributed by atoms with E-state index in [9.17, 15) is 0 Å². The summed E-state index contributed by atoms with van der Waals surface area (Å²) in [6, 6.07) is 0. The third kappa shape index (κ3) is 3.64. The number of anilines is 1. The van der Waals surface area contributed by atoms with Crippen molar-refractivity contribution in [3.8, 4) is 0 Å². The van der Waals surface area contributed by atoms with Crippen molar-refractivity contribution < 1.29 is 0 Å². The highest BCUT2D eigenvalue weighted by molar-refractivity contribution is 7.15. The average molecular weight is 254 g/mol. The maximum Gasteiger partial charge on any atom is 0.205 e. The van der Waals surface area contributed by atoms with Gasteiger partial charge in [0.25, 0.3) is 0 Å². The summed E-state index contributed by atoms with van der Waals surface area (Å²) in [5.41, 5.74) is 0. The molecule has 1 heterocycles. The van der Waals surface area contributed by atoms with Gasteiger partial charge < -0.3 is 5.32 Å². The van der Waals surface area contributed by atoms with Crippen LogP contribution in [-0.4, -0.2) is 34.7 Å². The highest BCUT2D eigenvalue weighted by atomic mass is 32.1. The lowest BCUT2D eigenvalue weighted by Crippen LogP contribution is -2.32. The van der Waals surface area contributed by atoms with Crippen LogP contribution in [0.2, 0.25) is 0 Å². The van der Waals surface area contributed by atoms with Gasteiger partial charge in [0.15, 0.2) is 0 Å². The normalized spacial score (nSPS) is 16.2. The molecule has 0 aromatic carbocycles. The van der Waals surface area contributed by atoms with Crippen LogP contribution in [0.3, 0.4) is 0 Å². The van der Waals surface area contributed by atoms with Crippen LogP contribution in [0.5, 0.6) is 0 Å². The molecule has 1 aromatic heterocycles. The molecular formula is C12H22N4S. The Morgan fingerprint density at radius 2 is 2.18 bits per heavy atom. The van der Waals surface area contributed by atoms with E-state index in [0.717, 1.165) is 35.7 Å². The van der Waals surface area contributed by atoms with Crippen LogP contribution in [0.25, 0.3) is 0 Å². The Morgan fingerprint density at radius 1 is 1.35 bits per heavy atom. The summed E-state index contributed by atoms with van der Waals surface area (Å²) in [4.78, 5) is 2.49. The first-order valence-electron chi connectivity index (χ1n) is 6.60. The predicted molar refractivity (Wildman–Crippen MR) is 72.4 cm³/mol. The number of nitrogens with one attached hydrogen (secondary N) is 1. The molecule has 0 atom stereocenters. The van der Waals surface area contributed by atoms with Crippen molar-refractivity contribution in [2.45, 2.75) is 39.7 Å². The summed E-state index contributed by atoms with van der Waals surface area (Å²) < 4.78 is 0.